The van der Waals surface area contributed by atoms with E-state index in [9.17, 15) is 18.0 Å². The Morgan fingerprint density at radius 2 is 1.87 bits per heavy atom. The number of aromatic nitrogens is 1. The topological polar surface area (TPSA) is 42.0 Å². The summed E-state index contributed by atoms with van der Waals surface area (Å²) in [6.45, 7) is 0. The number of benzene rings is 1. The molecule has 0 bridgehead atoms. The molecule has 122 valence electrons. The zero-order valence-electron chi connectivity index (χ0n) is 11.3. The van der Waals surface area contributed by atoms with E-state index in [1.54, 1.807) is 24.3 Å². The highest BCUT2D eigenvalue weighted by molar-refractivity contribution is 8.00. The zero-order valence-corrected chi connectivity index (χ0v) is 13.7. The molecule has 0 saturated heterocycles. The van der Waals surface area contributed by atoms with Crippen molar-refractivity contribution in [3.8, 4) is 0 Å². The number of carbonyl (C=O) groups is 1. The molecule has 0 radical (unpaired) electrons. The van der Waals surface area contributed by atoms with E-state index in [0.717, 1.165) is 11.0 Å². The van der Waals surface area contributed by atoms with Gasteiger partial charge in [0, 0.05) is 16.1 Å². The number of carbonyl (C=O) groups excluding carboxylic acids is 1. The molecule has 0 aliphatic carbocycles. The van der Waals surface area contributed by atoms with Crippen molar-refractivity contribution in [2.24, 2.45) is 0 Å². The maximum atomic E-state index is 12.5. The van der Waals surface area contributed by atoms with Gasteiger partial charge in [-0.3, -0.25) is 4.79 Å². The second-order valence-electron chi connectivity index (χ2n) is 4.34. The van der Waals surface area contributed by atoms with E-state index in [1.807, 2.05) is 0 Å². The Labute approximate surface area is 144 Å². The summed E-state index contributed by atoms with van der Waals surface area (Å²) in [7, 11) is 0. The molecule has 1 aromatic carbocycles. The molecule has 0 unspecified atom stereocenters. The van der Waals surface area contributed by atoms with Gasteiger partial charge in [-0.2, -0.15) is 13.2 Å². The lowest BCUT2D eigenvalue weighted by Crippen LogP contribution is -2.16. The minimum atomic E-state index is -4.54. The lowest BCUT2D eigenvalue weighted by atomic mass is 10.3. The maximum absolute atomic E-state index is 12.5. The van der Waals surface area contributed by atoms with Crippen LogP contribution in [0.1, 0.15) is 5.56 Å². The number of rotatable bonds is 4. The summed E-state index contributed by atoms with van der Waals surface area (Å²) in [6.07, 6.45) is -3.92. The quantitative estimate of drug-likeness (QED) is 0.746. The summed E-state index contributed by atoms with van der Waals surface area (Å²) < 4.78 is 37.5. The van der Waals surface area contributed by atoms with Gasteiger partial charge >= 0.3 is 6.18 Å². The fourth-order valence-corrected chi connectivity index (χ4v) is 2.57. The van der Waals surface area contributed by atoms with Crippen molar-refractivity contribution in [2.45, 2.75) is 11.1 Å². The SMILES string of the molecule is O=C(CSc1ccc(Cl)cc1)Nc1ncc(C(F)(F)F)cc1Cl. The van der Waals surface area contributed by atoms with Gasteiger partial charge in [0.25, 0.3) is 0 Å². The van der Waals surface area contributed by atoms with Gasteiger partial charge in [-0.1, -0.05) is 23.2 Å². The smallest absolute Gasteiger partial charge is 0.309 e. The van der Waals surface area contributed by atoms with Crippen LogP contribution in [0.5, 0.6) is 0 Å². The second-order valence-corrected chi connectivity index (χ2v) is 6.24. The molecule has 1 N–H and O–H groups in total. The van der Waals surface area contributed by atoms with Gasteiger partial charge in [0.1, 0.15) is 0 Å². The predicted molar refractivity (Wildman–Crippen MR) is 85.1 cm³/mol. The van der Waals surface area contributed by atoms with Crippen molar-refractivity contribution >= 4 is 46.7 Å². The van der Waals surface area contributed by atoms with Gasteiger partial charge in [-0.15, -0.1) is 11.8 Å². The van der Waals surface area contributed by atoms with Crippen molar-refractivity contribution in [3.63, 3.8) is 0 Å². The monoisotopic (exact) mass is 380 g/mol. The second kappa shape index (κ2) is 7.42. The summed E-state index contributed by atoms with van der Waals surface area (Å²) in [5.74, 6) is -0.485. The number of nitrogens with one attached hydrogen (secondary N) is 1. The Morgan fingerprint density at radius 1 is 1.22 bits per heavy atom. The first-order chi connectivity index (χ1) is 10.8. The molecule has 9 heteroatoms. The molecule has 0 aliphatic rings. The zero-order chi connectivity index (χ0) is 17.0. The van der Waals surface area contributed by atoms with Gasteiger partial charge in [-0.25, -0.2) is 4.98 Å². The highest BCUT2D eigenvalue weighted by atomic mass is 35.5. The summed E-state index contributed by atoms with van der Waals surface area (Å²) >= 11 is 12.7. The number of nitrogens with zero attached hydrogens (tertiary/aromatic N) is 1. The standard InChI is InChI=1S/C14H9Cl2F3N2OS/c15-9-1-3-10(4-2-9)23-7-12(22)21-13-11(16)5-8(6-20-13)14(17,18)19/h1-6H,7H2,(H,20,21,22). The summed E-state index contributed by atoms with van der Waals surface area (Å²) in [4.78, 5) is 16.2. The van der Waals surface area contributed by atoms with Crippen molar-refractivity contribution in [1.29, 1.82) is 0 Å². The van der Waals surface area contributed by atoms with E-state index in [1.165, 1.54) is 11.8 Å². The van der Waals surface area contributed by atoms with Gasteiger partial charge in [-0.05, 0) is 30.3 Å². The number of alkyl halides is 3. The van der Waals surface area contributed by atoms with Crippen LogP contribution >= 0.6 is 35.0 Å². The van der Waals surface area contributed by atoms with Gasteiger partial charge in [0.05, 0.1) is 16.3 Å². The van der Waals surface area contributed by atoms with E-state index < -0.39 is 17.6 Å². The fourth-order valence-electron chi connectivity index (χ4n) is 1.53. The van der Waals surface area contributed by atoms with Crippen LogP contribution in [0.2, 0.25) is 10.0 Å². The van der Waals surface area contributed by atoms with Crippen molar-refractivity contribution in [2.75, 3.05) is 11.1 Å². The van der Waals surface area contributed by atoms with E-state index in [-0.39, 0.29) is 16.6 Å². The first-order valence-electron chi connectivity index (χ1n) is 6.16. The minimum absolute atomic E-state index is 0.0562. The Kier molecular flexibility index (Phi) is 5.78. The third kappa shape index (κ3) is 5.30. The molecular formula is C14H9Cl2F3N2OS. The number of pyridine rings is 1. The average molecular weight is 381 g/mol. The predicted octanol–water partition coefficient (Wildman–Crippen LogP) is 5.14. The molecule has 2 aromatic rings. The molecule has 3 nitrogen and oxygen atoms in total. The summed E-state index contributed by atoms with van der Waals surface area (Å²) in [5.41, 5.74) is -0.976. The molecule has 1 aromatic heterocycles. The molecule has 0 aliphatic heterocycles. The van der Waals surface area contributed by atoms with Crippen LogP contribution in [-0.2, 0) is 11.0 Å². The highest BCUT2D eigenvalue weighted by Crippen LogP contribution is 2.32. The van der Waals surface area contributed by atoms with Crippen LogP contribution in [0.4, 0.5) is 19.0 Å². The van der Waals surface area contributed by atoms with Gasteiger partial charge in [0.2, 0.25) is 5.91 Å². The molecule has 0 saturated carbocycles. The Balaban J connectivity index is 1.96. The molecule has 0 fully saturated rings. The fraction of sp³-hybridized carbons (Fsp3) is 0.143. The maximum Gasteiger partial charge on any atom is 0.417 e. The third-order valence-electron chi connectivity index (χ3n) is 2.61. The van der Waals surface area contributed by atoms with Crippen molar-refractivity contribution in [1.82, 2.24) is 4.98 Å². The van der Waals surface area contributed by atoms with E-state index in [0.29, 0.717) is 11.2 Å². The highest BCUT2D eigenvalue weighted by Gasteiger charge is 2.31. The van der Waals surface area contributed by atoms with Crippen LogP contribution < -0.4 is 5.32 Å². The molecule has 1 heterocycles. The molecule has 0 spiro atoms. The van der Waals surface area contributed by atoms with E-state index >= 15 is 0 Å². The largest absolute Gasteiger partial charge is 0.417 e. The lowest BCUT2D eigenvalue weighted by molar-refractivity contribution is -0.137. The van der Waals surface area contributed by atoms with Gasteiger partial charge in [0.15, 0.2) is 5.82 Å². The van der Waals surface area contributed by atoms with Crippen LogP contribution in [0.3, 0.4) is 0 Å². The summed E-state index contributed by atoms with van der Waals surface area (Å²) in [5, 5.41) is 2.68. The molecular weight excluding hydrogens is 372 g/mol. The normalized spacial score (nSPS) is 11.3. The minimum Gasteiger partial charge on any atom is -0.309 e. The van der Waals surface area contributed by atoms with Crippen molar-refractivity contribution < 1.29 is 18.0 Å². The third-order valence-corrected chi connectivity index (χ3v) is 4.16. The Morgan fingerprint density at radius 3 is 2.43 bits per heavy atom. The van der Waals surface area contributed by atoms with Crippen molar-refractivity contribution in [3.05, 3.63) is 52.1 Å². The average Bonchev–Trinajstić information content (AvgIpc) is 2.48. The number of hydrogen-bond acceptors (Lipinski definition) is 3. The van der Waals surface area contributed by atoms with E-state index in [4.69, 9.17) is 23.2 Å². The van der Waals surface area contributed by atoms with Gasteiger partial charge < -0.3 is 5.32 Å². The molecule has 2 rings (SSSR count). The Bertz CT molecular complexity index is 708. The first-order valence-corrected chi connectivity index (χ1v) is 7.91. The molecule has 23 heavy (non-hydrogen) atoms. The molecule has 1 amide bonds. The number of halogens is 5. The number of anilines is 1. The lowest BCUT2D eigenvalue weighted by Gasteiger charge is -2.10. The van der Waals surface area contributed by atoms with Crippen LogP contribution in [-0.4, -0.2) is 16.6 Å². The Hall–Kier alpha value is -1.44. The van der Waals surface area contributed by atoms with Crippen LogP contribution in [0.15, 0.2) is 41.4 Å². The number of amides is 1. The number of hydrogen-bond donors (Lipinski definition) is 1. The van der Waals surface area contributed by atoms with E-state index in [2.05, 4.69) is 10.3 Å². The summed E-state index contributed by atoms with van der Waals surface area (Å²) in [6, 6.07) is 7.61. The van der Waals surface area contributed by atoms with Crippen LogP contribution in [0.25, 0.3) is 0 Å². The van der Waals surface area contributed by atoms with Crippen LogP contribution in [0, 0.1) is 0 Å². The number of thioether (sulfide) groups is 1. The first kappa shape index (κ1) is 17.9. The molecule has 0 atom stereocenters.